The number of nitrogens with zero attached hydrogens (tertiary/aromatic N) is 3. The number of nitrogens with one attached hydrogen (secondary N) is 1. The van der Waals surface area contributed by atoms with Gasteiger partial charge in [-0.3, -0.25) is 9.78 Å². The third-order valence-electron chi connectivity index (χ3n) is 5.48. The first-order valence-corrected chi connectivity index (χ1v) is 9.37. The molecular formula is C20H24N4O3. The van der Waals surface area contributed by atoms with Crippen molar-refractivity contribution in [1.82, 2.24) is 20.2 Å². The van der Waals surface area contributed by atoms with Crippen LogP contribution in [0, 0.1) is 0 Å². The molecule has 2 aliphatic rings. The van der Waals surface area contributed by atoms with Crippen molar-refractivity contribution in [2.75, 3.05) is 26.2 Å². The Balaban J connectivity index is 1.55. The number of rotatable bonds is 4. The Hall–Kier alpha value is -2.51. The molecule has 1 aromatic heterocycles. The highest BCUT2D eigenvalue weighted by molar-refractivity contribution is 5.92. The standard InChI is InChI=1S/C20H24N4O3/c25-12-11-24-9-5-20(6-10-24)13-16(15-3-1-2-4-18(15)27-20)23-19(26)17-14-21-7-8-22-17/h1-4,7-8,14,16,25H,5-6,9-13H2,(H,23,26)/t16-/m1/s1. The summed E-state index contributed by atoms with van der Waals surface area (Å²) in [5.41, 5.74) is 1.02. The lowest BCUT2D eigenvalue weighted by Crippen LogP contribution is -2.52. The molecule has 0 saturated carbocycles. The third-order valence-corrected chi connectivity index (χ3v) is 5.48. The number of ether oxygens (including phenoxy) is 1. The fraction of sp³-hybridized carbons (Fsp3) is 0.450. The zero-order valence-electron chi connectivity index (χ0n) is 15.2. The highest BCUT2D eigenvalue weighted by atomic mass is 16.5. The van der Waals surface area contributed by atoms with Gasteiger partial charge in [0, 0.05) is 44.0 Å². The average molecular weight is 368 g/mol. The van der Waals surface area contributed by atoms with Gasteiger partial charge in [-0.05, 0) is 18.9 Å². The summed E-state index contributed by atoms with van der Waals surface area (Å²) < 4.78 is 6.44. The second-order valence-corrected chi connectivity index (χ2v) is 7.21. The van der Waals surface area contributed by atoms with Crippen LogP contribution in [-0.4, -0.2) is 57.7 Å². The van der Waals surface area contributed by atoms with Crippen molar-refractivity contribution in [1.29, 1.82) is 0 Å². The van der Waals surface area contributed by atoms with Crippen LogP contribution in [0.2, 0.25) is 0 Å². The molecule has 0 bridgehead atoms. The van der Waals surface area contributed by atoms with E-state index in [0.29, 0.717) is 12.2 Å². The number of hydrogen-bond donors (Lipinski definition) is 2. The number of para-hydroxylation sites is 1. The first-order chi connectivity index (χ1) is 13.2. The second-order valence-electron chi connectivity index (χ2n) is 7.21. The number of aliphatic hydroxyl groups is 1. The van der Waals surface area contributed by atoms with E-state index in [9.17, 15) is 4.79 Å². The molecule has 1 spiro atoms. The predicted molar refractivity (Wildman–Crippen MR) is 99.4 cm³/mol. The maximum Gasteiger partial charge on any atom is 0.271 e. The van der Waals surface area contributed by atoms with E-state index in [-0.39, 0.29) is 24.2 Å². The molecule has 3 heterocycles. The van der Waals surface area contributed by atoms with Gasteiger partial charge in [0.25, 0.3) is 5.91 Å². The number of amides is 1. The number of likely N-dealkylation sites (tertiary alicyclic amines) is 1. The van der Waals surface area contributed by atoms with Gasteiger partial charge in [0.2, 0.25) is 0 Å². The predicted octanol–water partition coefficient (Wildman–Crippen LogP) is 1.56. The van der Waals surface area contributed by atoms with Crippen molar-refractivity contribution >= 4 is 5.91 Å². The summed E-state index contributed by atoms with van der Waals surface area (Å²) in [7, 11) is 0. The van der Waals surface area contributed by atoms with Gasteiger partial charge in [-0.2, -0.15) is 0 Å². The molecule has 1 atom stereocenters. The summed E-state index contributed by atoms with van der Waals surface area (Å²) in [4.78, 5) is 23.0. The Labute approximate surface area is 158 Å². The summed E-state index contributed by atoms with van der Waals surface area (Å²) in [6.07, 6.45) is 7.02. The minimum atomic E-state index is -0.291. The number of carbonyl (C=O) groups is 1. The maximum atomic E-state index is 12.6. The molecule has 7 nitrogen and oxygen atoms in total. The molecule has 0 unspecified atom stereocenters. The van der Waals surface area contributed by atoms with Crippen LogP contribution in [0.4, 0.5) is 0 Å². The number of carbonyl (C=O) groups excluding carboxylic acids is 1. The first-order valence-electron chi connectivity index (χ1n) is 9.37. The summed E-state index contributed by atoms with van der Waals surface area (Å²) in [5, 5.41) is 12.3. The molecule has 1 saturated heterocycles. The van der Waals surface area contributed by atoms with Gasteiger partial charge in [0.15, 0.2) is 0 Å². The quantitative estimate of drug-likeness (QED) is 0.852. The Morgan fingerprint density at radius 3 is 2.85 bits per heavy atom. The first kappa shape index (κ1) is 17.9. The van der Waals surface area contributed by atoms with Gasteiger partial charge in [0.05, 0.1) is 18.8 Å². The molecule has 2 N–H and O–H groups in total. The van der Waals surface area contributed by atoms with Crippen LogP contribution < -0.4 is 10.1 Å². The van der Waals surface area contributed by atoms with Gasteiger partial charge in [-0.15, -0.1) is 0 Å². The SMILES string of the molecule is O=C(N[C@@H]1CC2(CCN(CCO)CC2)Oc2ccccc21)c1cnccn1. The topological polar surface area (TPSA) is 87.6 Å². The van der Waals surface area contributed by atoms with Gasteiger partial charge >= 0.3 is 0 Å². The lowest BCUT2D eigenvalue weighted by molar-refractivity contribution is -0.0270. The van der Waals surface area contributed by atoms with Gasteiger partial charge < -0.3 is 20.1 Å². The summed E-state index contributed by atoms with van der Waals surface area (Å²) in [6, 6.07) is 7.77. The van der Waals surface area contributed by atoms with Crippen molar-refractivity contribution in [3.05, 3.63) is 54.1 Å². The highest BCUT2D eigenvalue weighted by Crippen LogP contribution is 2.44. The molecule has 1 amide bonds. The fourth-order valence-electron chi connectivity index (χ4n) is 4.03. The molecule has 0 radical (unpaired) electrons. The monoisotopic (exact) mass is 368 g/mol. The summed E-state index contributed by atoms with van der Waals surface area (Å²) in [6.45, 7) is 2.63. The molecule has 1 aromatic carbocycles. The van der Waals surface area contributed by atoms with E-state index in [4.69, 9.17) is 9.84 Å². The second kappa shape index (κ2) is 7.62. The maximum absolute atomic E-state index is 12.6. The fourth-order valence-corrected chi connectivity index (χ4v) is 4.03. The zero-order chi connectivity index (χ0) is 18.7. The molecule has 2 aromatic rings. The Bertz CT molecular complexity index is 791. The number of fused-ring (bicyclic) bond motifs is 1. The molecule has 7 heteroatoms. The Morgan fingerprint density at radius 1 is 1.30 bits per heavy atom. The molecule has 4 rings (SSSR count). The zero-order valence-corrected chi connectivity index (χ0v) is 15.2. The summed E-state index contributed by atoms with van der Waals surface area (Å²) >= 11 is 0. The minimum Gasteiger partial charge on any atom is -0.487 e. The van der Waals surface area contributed by atoms with Crippen LogP contribution in [0.3, 0.4) is 0 Å². The van der Waals surface area contributed by atoms with E-state index in [2.05, 4.69) is 20.2 Å². The number of hydrogen-bond acceptors (Lipinski definition) is 6. The number of piperidine rings is 1. The van der Waals surface area contributed by atoms with E-state index in [1.807, 2.05) is 24.3 Å². The van der Waals surface area contributed by atoms with E-state index in [1.165, 1.54) is 12.4 Å². The van der Waals surface area contributed by atoms with Crippen LogP contribution in [0.5, 0.6) is 5.75 Å². The largest absolute Gasteiger partial charge is 0.487 e. The van der Waals surface area contributed by atoms with Crippen molar-refractivity contribution in [3.63, 3.8) is 0 Å². The van der Waals surface area contributed by atoms with Gasteiger partial charge in [-0.1, -0.05) is 18.2 Å². The highest BCUT2D eigenvalue weighted by Gasteiger charge is 2.43. The summed E-state index contributed by atoms with van der Waals surface area (Å²) in [5.74, 6) is 0.612. The number of aromatic nitrogens is 2. The van der Waals surface area contributed by atoms with Crippen LogP contribution >= 0.6 is 0 Å². The average Bonchev–Trinajstić information content (AvgIpc) is 2.71. The van der Waals surface area contributed by atoms with Gasteiger partial charge in [0.1, 0.15) is 17.0 Å². The van der Waals surface area contributed by atoms with Crippen LogP contribution in [0.25, 0.3) is 0 Å². The van der Waals surface area contributed by atoms with Crippen molar-refractivity contribution in [2.45, 2.75) is 30.9 Å². The number of β-amino-alcohol motifs (C(OH)–C–C–N with tert-alkyl or cyclic N) is 1. The van der Waals surface area contributed by atoms with Crippen molar-refractivity contribution in [2.24, 2.45) is 0 Å². The van der Waals surface area contributed by atoms with E-state index in [0.717, 1.165) is 43.7 Å². The van der Waals surface area contributed by atoms with Crippen LogP contribution in [0.15, 0.2) is 42.9 Å². The molecule has 2 aliphatic heterocycles. The Morgan fingerprint density at radius 2 is 2.11 bits per heavy atom. The molecule has 0 aliphatic carbocycles. The molecule has 27 heavy (non-hydrogen) atoms. The minimum absolute atomic E-state index is 0.131. The third kappa shape index (κ3) is 3.79. The number of aliphatic hydroxyl groups excluding tert-OH is 1. The van der Waals surface area contributed by atoms with Crippen LogP contribution in [-0.2, 0) is 0 Å². The van der Waals surface area contributed by atoms with Gasteiger partial charge in [-0.25, -0.2) is 4.98 Å². The van der Waals surface area contributed by atoms with E-state index < -0.39 is 0 Å². The van der Waals surface area contributed by atoms with Crippen molar-refractivity contribution < 1.29 is 14.6 Å². The number of benzene rings is 1. The molecule has 142 valence electrons. The lowest BCUT2D eigenvalue weighted by Gasteiger charge is -2.47. The van der Waals surface area contributed by atoms with Crippen LogP contribution in [0.1, 0.15) is 41.4 Å². The van der Waals surface area contributed by atoms with E-state index >= 15 is 0 Å². The smallest absolute Gasteiger partial charge is 0.271 e. The lowest BCUT2D eigenvalue weighted by atomic mass is 9.80. The van der Waals surface area contributed by atoms with E-state index in [1.54, 1.807) is 6.20 Å². The molecular weight excluding hydrogens is 344 g/mol. The van der Waals surface area contributed by atoms with Crippen molar-refractivity contribution in [3.8, 4) is 5.75 Å². The normalized spacial score (nSPS) is 21.3. The Kier molecular flexibility index (Phi) is 5.05. The molecule has 1 fully saturated rings.